The molecule has 0 aliphatic heterocycles. The van der Waals surface area contributed by atoms with E-state index in [1.807, 2.05) is 6.92 Å². The van der Waals surface area contributed by atoms with Crippen molar-refractivity contribution < 1.29 is 12.8 Å². The Balaban J connectivity index is 2.32. The summed E-state index contributed by atoms with van der Waals surface area (Å²) in [6.07, 6.45) is 0.738. The smallest absolute Gasteiger partial charge is 0.212 e. The van der Waals surface area contributed by atoms with E-state index in [-0.39, 0.29) is 17.6 Å². The first kappa shape index (κ1) is 16.1. The molecule has 0 amide bonds. The lowest BCUT2D eigenvalue weighted by Gasteiger charge is -2.14. The lowest BCUT2D eigenvalue weighted by atomic mass is 10.1. The Morgan fingerprint density at radius 2 is 1.89 bits per heavy atom. The van der Waals surface area contributed by atoms with Crippen LogP contribution in [0, 0.1) is 5.82 Å². The zero-order chi connectivity index (χ0) is 14.3. The van der Waals surface area contributed by atoms with Gasteiger partial charge >= 0.3 is 0 Å². The van der Waals surface area contributed by atoms with E-state index < -0.39 is 10.0 Å². The quantitative estimate of drug-likeness (QED) is 0.758. The molecule has 0 spiro atoms. The van der Waals surface area contributed by atoms with Crippen LogP contribution in [0.2, 0.25) is 0 Å². The number of sulfonamides is 1. The van der Waals surface area contributed by atoms with Gasteiger partial charge in [-0.3, -0.25) is 0 Å². The largest absolute Gasteiger partial charge is 0.313 e. The van der Waals surface area contributed by atoms with Crippen LogP contribution in [-0.2, 0) is 16.4 Å². The van der Waals surface area contributed by atoms with Gasteiger partial charge in [-0.05, 0) is 31.0 Å². The van der Waals surface area contributed by atoms with Gasteiger partial charge in [0.25, 0.3) is 0 Å². The molecule has 0 heterocycles. The number of hydrogen-bond acceptors (Lipinski definition) is 3. The van der Waals surface area contributed by atoms with E-state index in [0.717, 1.165) is 12.0 Å². The molecule has 0 aliphatic rings. The predicted molar refractivity (Wildman–Crippen MR) is 75.0 cm³/mol. The minimum Gasteiger partial charge on any atom is -0.313 e. The van der Waals surface area contributed by atoms with Crippen molar-refractivity contribution in [1.29, 1.82) is 0 Å². The first-order chi connectivity index (χ1) is 8.93. The van der Waals surface area contributed by atoms with E-state index >= 15 is 0 Å². The average molecular weight is 288 g/mol. The fraction of sp³-hybridized carbons (Fsp3) is 0.538. The average Bonchev–Trinajstić information content (AvgIpc) is 2.31. The Morgan fingerprint density at radius 3 is 2.47 bits per heavy atom. The maximum atomic E-state index is 12.7. The van der Waals surface area contributed by atoms with Gasteiger partial charge < -0.3 is 5.32 Å². The molecule has 1 aromatic rings. The van der Waals surface area contributed by atoms with Gasteiger partial charge in [0.15, 0.2) is 0 Å². The fourth-order valence-corrected chi connectivity index (χ4v) is 2.75. The van der Waals surface area contributed by atoms with Gasteiger partial charge in [-0.15, -0.1) is 0 Å². The molecule has 0 radical (unpaired) electrons. The van der Waals surface area contributed by atoms with Crippen LogP contribution in [0.3, 0.4) is 0 Å². The Labute approximate surface area is 114 Å². The molecule has 0 aromatic heterocycles. The second-order valence-electron chi connectivity index (χ2n) is 4.50. The standard InChI is InChI=1S/C13H21FN2O2S/c1-3-16-19(17,18)9-8-15-11(2)10-12-4-6-13(14)7-5-12/h4-7,11,15-16H,3,8-10H2,1-2H3. The molecular formula is C13H21FN2O2S. The van der Waals surface area contributed by atoms with Crippen LogP contribution in [-0.4, -0.2) is 33.3 Å². The van der Waals surface area contributed by atoms with Crippen LogP contribution in [0.25, 0.3) is 0 Å². The second kappa shape index (κ2) is 7.57. The summed E-state index contributed by atoms with van der Waals surface area (Å²) in [5.74, 6) is -0.185. The van der Waals surface area contributed by atoms with Crippen LogP contribution in [0.4, 0.5) is 4.39 Å². The summed E-state index contributed by atoms with van der Waals surface area (Å²) >= 11 is 0. The van der Waals surface area contributed by atoms with Gasteiger partial charge in [-0.1, -0.05) is 19.1 Å². The molecule has 1 aromatic carbocycles. The third kappa shape index (κ3) is 6.66. The van der Waals surface area contributed by atoms with Gasteiger partial charge in [0.05, 0.1) is 5.75 Å². The monoisotopic (exact) mass is 288 g/mol. The highest BCUT2D eigenvalue weighted by molar-refractivity contribution is 7.89. The number of rotatable bonds is 8. The highest BCUT2D eigenvalue weighted by Gasteiger charge is 2.09. The van der Waals surface area contributed by atoms with Gasteiger partial charge in [0, 0.05) is 19.1 Å². The van der Waals surface area contributed by atoms with Crippen molar-refractivity contribution in [3.8, 4) is 0 Å². The summed E-state index contributed by atoms with van der Waals surface area (Å²) in [4.78, 5) is 0. The molecule has 0 fully saturated rings. The number of nitrogens with one attached hydrogen (secondary N) is 2. The zero-order valence-corrected chi connectivity index (χ0v) is 12.1. The van der Waals surface area contributed by atoms with Crippen LogP contribution >= 0.6 is 0 Å². The first-order valence-electron chi connectivity index (χ1n) is 6.38. The molecule has 19 heavy (non-hydrogen) atoms. The summed E-state index contributed by atoms with van der Waals surface area (Å²) in [7, 11) is -3.17. The van der Waals surface area contributed by atoms with Crippen molar-refractivity contribution in [3.63, 3.8) is 0 Å². The minimum absolute atomic E-state index is 0.0641. The second-order valence-corrected chi connectivity index (χ2v) is 6.43. The molecule has 0 saturated carbocycles. The van der Waals surface area contributed by atoms with E-state index in [1.165, 1.54) is 12.1 Å². The third-order valence-corrected chi connectivity index (χ3v) is 4.15. The molecule has 1 atom stereocenters. The van der Waals surface area contributed by atoms with E-state index in [2.05, 4.69) is 10.0 Å². The van der Waals surface area contributed by atoms with Crippen LogP contribution in [0.15, 0.2) is 24.3 Å². The number of halogens is 1. The van der Waals surface area contributed by atoms with Crippen molar-refractivity contribution >= 4 is 10.0 Å². The molecule has 0 bridgehead atoms. The van der Waals surface area contributed by atoms with E-state index in [0.29, 0.717) is 13.1 Å². The van der Waals surface area contributed by atoms with E-state index in [9.17, 15) is 12.8 Å². The Morgan fingerprint density at radius 1 is 1.26 bits per heavy atom. The maximum absolute atomic E-state index is 12.7. The van der Waals surface area contributed by atoms with Gasteiger partial charge in [0.1, 0.15) is 5.82 Å². The van der Waals surface area contributed by atoms with Gasteiger partial charge in [-0.25, -0.2) is 17.5 Å². The molecule has 0 aliphatic carbocycles. The fourth-order valence-electron chi connectivity index (χ4n) is 1.78. The predicted octanol–water partition coefficient (Wildman–Crippen LogP) is 1.29. The molecule has 2 N–H and O–H groups in total. The summed E-state index contributed by atoms with van der Waals surface area (Å²) in [6, 6.07) is 6.48. The minimum atomic E-state index is -3.17. The molecule has 108 valence electrons. The van der Waals surface area contributed by atoms with Crippen molar-refractivity contribution in [2.75, 3.05) is 18.8 Å². The summed E-state index contributed by atoms with van der Waals surface area (Å²) in [5.41, 5.74) is 1.02. The molecule has 1 rings (SSSR count). The van der Waals surface area contributed by atoms with Crippen LogP contribution in [0.1, 0.15) is 19.4 Å². The topological polar surface area (TPSA) is 58.2 Å². The van der Waals surface area contributed by atoms with Crippen molar-refractivity contribution in [1.82, 2.24) is 10.0 Å². The summed E-state index contributed by atoms with van der Waals surface area (Å²) in [5, 5.41) is 3.15. The SMILES string of the molecule is CCNS(=O)(=O)CCNC(C)Cc1ccc(F)cc1. The third-order valence-electron chi connectivity index (χ3n) is 2.68. The van der Waals surface area contributed by atoms with E-state index in [4.69, 9.17) is 0 Å². The lowest BCUT2D eigenvalue weighted by molar-refractivity contribution is 0.549. The van der Waals surface area contributed by atoms with Crippen molar-refractivity contribution in [2.45, 2.75) is 26.3 Å². The molecule has 0 saturated heterocycles. The summed E-state index contributed by atoms with van der Waals surface area (Å²) < 4.78 is 38.0. The van der Waals surface area contributed by atoms with Crippen molar-refractivity contribution in [3.05, 3.63) is 35.6 Å². The lowest BCUT2D eigenvalue weighted by Crippen LogP contribution is -2.36. The van der Waals surface area contributed by atoms with Crippen molar-refractivity contribution in [2.24, 2.45) is 0 Å². The van der Waals surface area contributed by atoms with Gasteiger partial charge in [0.2, 0.25) is 10.0 Å². The van der Waals surface area contributed by atoms with Crippen LogP contribution < -0.4 is 10.0 Å². The first-order valence-corrected chi connectivity index (χ1v) is 8.03. The zero-order valence-electron chi connectivity index (χ0n) is 11.3. The number of benzene rings is 1. The highest BCUT2D eigenvalue weighted by Crippen LogP contribution is 2.05. The Hall–Kier alpha value is -0.980. The number of hydrogen-bond donors (Lipinski definition) is 2. The Bertz CT molecular complexity index is 474. The molecule has 1 unspecified atom stereocenters. The Kier molecular flexibility index (Phi) is 6.41. The highest BCUT2D eigenvalue weighted by atomic mass is 32.2. The summed E-state index contributed by atoms with van der Waals surface area (Å²) in [6.45, 7) is 4.54. The van der Waals surface area contributed by atoms with Crippen LogP contribution in [0.5, 0.6) is 0 Å². The molecular weight excluding hydrogens is 267 g/mol. The van der Waals surface area contributed by atoms with E-state index in [1.54, 1.807) is 19.1 Å². The maximum Gasteiger partial charge on any atom is 0.212 e. The normalized spacial score (nSPS) is 13.4. The molecule has 6 heteroatoms. The van der Waals surface area contributed by atoms with Gasteiger partial charge in [-0.2, -0.15) is 0 Å². The molecule has 4 nitrogen and oxygen atoms in total.